The van der Waals surface area contributed by atoms with Crippen molar-refractivity contribution in [2.24, 2.45) is 5.92 Å². The molecule has 0 spiro atoms. The van der Waals surface area contributed by atoms with Crippen LogP contribution in [0.25, 0.3) is 0 Å². The molecule has 1 N–H and O–H groups in total. The third kappa shape index (κ3) is 3.07. The number of nitrogens with one attached hydrogen (secondary N) is 1. The molecule has 0 bridgehead atoms. The van der Waals surface area contributed by atoms with E-state index in [-0.39, 0.29) is 0 Å². The quantitative estimate of drug-likeness (QED) is 0.869. The van der Waals surface area contributed by atoms with Crippen LogP contribution in [0.4, 0.5) is 0 Å². The molecule has 4 heteroatoms. The maximum atomic E-state index is 5.90. The van der Waals surface area contributed by atoms with E-state index < -0.39 is 0 Å². The second-order valence-corrected chi connectivity index (χ2v) is 4.52. The Morgan fingerprint density at radius 2 is 1.94 bits per heavy atom. The summed E-state index contributed by atoms with van der Waals surface area (Å²) in [4.78, 5) is 0. The molecule has 1 aromatic carbocycles. The SMILES string of the molecule is COc1cccc(OC)c1OCC1CCCNC1. The highest BCUT2D eigenvalue weighted by Crippen LogP contribution is 2.37. The molecule has 2 rings (SSSR count). The Morgan fingerprint density at radius 1 is 1.22 bits per heavy atom. The van der Waals surface area contributed by atoms with Crippen LogP contribution in [0.15, 0.2) is 18.2 Å². The van der Waals surface area contributed by atoms with Crippen LogP contribution >= 0.6 is 0 Å². The van der Waals surface area contributed by atoms with Crippen LogP contribution in [0.3, 0.4) is 0 Å². The van der Waals surface area contributed by atoms with Crippen molar-refractivity contribution in [2.45, 2.75) is 12.8 Å². The van der Waals surface area contributed by atoms with Crippen molar-refractivity contribution in [3.05, 3.63) is 18.2 Å². The molecule has 0 radical (unpaired) electrons. The topological polar surface area (TPSA) is 39.7 Å². The largest absolute Gasteiger partial charge is 0.493 e. The van der Waals surface area contributed by atoms with E-state index in [1.165, 1.54) is 12.8 Å². The Balaban J connectivity index is 2.02. The van der Waals surface area contributed by atoms with E-state index in [1.807, 2.05) is 18.2 Å². The van der Waals surface area contributed by atoms with Crippen molar-refractivity contribution >= 4 is 0 Å². The zero-order valence-corrected chi connectivity index (χ0v) is 11.1. The van der Waals surface area contributed by atoms with Crippen LogP contribution in [0.5, 0.6) is 17.2 Å². The van der Waals surface area contributed by atoms with E-state index >= 15 is 0 Å². The normalized spacial score (nSPS) is 19.3. The molecule has 100 valence electrons. The second-order valence-electron chi connectivity index (χ2n) is 4.52. The number of piperidine rings is 1. The smallest absolute Gasteiger partial charge is 0.203 e. The van der Waals surface area contributed by atoms with Crippen LogP contribution in [0.1, 0.15) is 12.8 Å². The lowest BCUT2D eigenvalue weighted by atomic mass is 10.0. The van der Waals surface area contributed by atoms with E-state index in [0.29, 0.717) is 18.3 Å². The van der Waals surface area contributed by atoms with Gasteiger partial charge in [-0.1, -0.05) is 6.07 Å². The molecule has 1 aliphatic rings. The zero-order valence-electron chi connectivity index (χ0n) is 11.1. The van der Waals surface area contributed by atoms with E-state index in [1.54, 1.807) is 14.2 Å². The summed E-state index contributed by atoms with van der Waals surface area (Å²) >= 11 is 0. The van der Waals surface area contributed by atoms with Crippen molar-refractivity contribution in [1.82, 2.24) is 5.32 Å². The molecule has 1 heterocycles. The van der Waals surface area contributed by atoms with Gasteiger partial charge in [0.05, 0.1) is 20.8 Å². The first-order valence-electron chi connectivity index (χ1n) is 6.39. The first-order valence-corrected chi connectivity index (χ1v) is 6.39. The van der Waals surface area contributed by atoms with Crippen LogP contribution in [-0.2, 0) is 0 Å². The highest BCUT2D eigenvalue weighted by molar-refractivity contribution is 5.51. The molecular weight excluding hydrogens is 230 g/mol. The van der Waals surface area contributed by atoms with E-state index in [2.05, 4.69) is 5.32 Å². The maximum Gasteiger partial charge on any atom is 0.203 e. The fraction of sp³-hybridized carbons (Fsp3) is 0.571. The molecule has 1 unspecified atom stereocenters. The Bertz CT molecular complexity index is 353. The Hall–Kier alpha value is -1.42. The van der Waals surface area contributed by atoms with Gasteiger partial charge in [-0.25, -0.2) is 0 Å². The Morgan fingerprint density at radius 3 is 2.50 bits per heavy atom. The second kappa shape index (κ2) is 6.50. The van der Waals surface area contributed by atoms with Crippen LogP contribution in [0.2, 0.25) is 0 Å². The monoisotopic (exact) mass is 251 g/mol. The minimum atomic E-state index is 0.563. The fourth-order valence-electron chi connectivity index (χ4n) is 2.23. The standard InChI is InChI=1S/C14H21NO3/c1-16-12-6-3-7-13(17-2)14(12)18-10-11-5-4-8-15-9-11/h3,6-7,11,15H,4-5,8-10H2,1-2H3. The van der Waals surface area contributed by atoms with Crippen molar-refractivity contribution in [2.75, 3.05) is 33.9 Å². The first-order chi connectivity index (χ1) is 8.85. The van der Waals surface area contributed by atoms with E-state index in [0.717, 1.165) is 24.6 Å². The lowest BCUT2D eigenvalue weighted by Gasteiger charge is -2.23. The van der Waals surface area contributed by atoms with Gasteiger partial charge in [-0.15, -0.1) is 0 Å². The van der Waals surface area contributed by atoms with Gasteiger partial charge in [0.2, 0.25) is 5.75 Å². The van der Waals surface area contributed by atoms with Gasteiger partial charge in [-0.2, -0.15) is 0 Å². The van der Waals surface area contributed by atoms with Gasteiger partial charge in [0.15, 0.2) is 11.5 Å². The number of ether oxygens (including phenoxy) is 3. The molecule has 0 aliphatic carbocycles. The van der Waals surface area contributed by atoms with Crippen LogP contribution < -0.4 is 19.5 Å². The predicted molar refractivity (Wildman–Crippen MR) is 70.6 cm³/mol. The lowest BCUT2D eigenvalue weighted by molar-refractivity contribution is 0.204. The molecule has 0 aromatic heterocycles. The molecule has 18 heavy (non-hydrogen) atoms. The fourth-order valence-corrected chi connectivity index (χ4v) is 2.23. The minimum absolute atomic E-state index is 0.563. The molecular formula is C14H21NO3. The van der Waals surface area contributed by atoms with E-state index in [9.17, 15) is 0 Å². The maximum absolute atomic E-state index is 5.90. The van der Waals surface area contributed by atoms with Gasteiger partial charge in [0.25, 0.3) is 0 Å². The number of hydrogen-bond acceptors (Lipinski definition) is 4. The van der Waals surface area contributed by atoms with Gasteiger partial charge in [-0.3, -0.25) is 0 Å². The van der Waals surface area contributed by atoms with Crippen LogP contribution in [-0.4, -0.2) is 33.9 Å². The number of hydrogen-bond donors (Lipinski definition) is 1. The molecule has 1 fully saturated rings. The third-order valence-corrected chi connectivity index (χ3v) is 3.24. The first kappa shape index (κ1) is 13.0. The molecule has 4 nitrogen and oxygen atoms in total. The molecule has 1 aliphatic heterocycles. The summed E-state index contributed by atoms with van der Waals surface area (Å²) in [6, 6.07) is 5.67. The third-order valence-electron chi connectivity index (χ3n) is 3.24. The summed E-state index contributed by atoms with van der Waals surface area (Å²) in [6.07, 6.45) is 2.43. The minimum Gasteiger partial charge on any atom is -0.493 e. The Labute approximate surface area is 108 Å². The van der Waals surface area contributed by atoms with Crippen LogP contribution in [0, 0.1) is 5.92 Å². The number of methoxy groups -OCH3 is 2. The van der Waals surface area contributed by atoms with Crippen molar-refractivity contribution in [3.8, 4) is 17.2 Å². The molecule has 1 saturated heterocycles. The van der Waals surface area contributed by atoms with Gasteiger partial charge in [0, 0.05) is 12.5 Å². The highest BCUT2D eigenvalue weighted by atomic mass is 16.5. The molecule has 0 saturated carbocycles. The molecule has 1 aromatic rings. The predicted octanol–water partition coefficient (Wildman–Crippen LogP) is 2.08. The number of rotatable bonds is 5. The summed E-state index contributed by atoms with van der Waals surface area (Å²) in [5.74, 6) is 2.71. The molecule has 0 amide bonds. The van der Waals surface area contributed by atoms with Crippen molar-refractivity contribution < 1.29 is 14.2 Å². The van der Waals surface area contributed by atoms with Gasteiger partial charge in [-0.05, 0) is 31.5 Å². The zero-order chi connectivity index (χ0) is 12.8. The molecule has 1 atom stereocenters. The van der Waals surface area contributed by atoms with E-state index in [4.69, 9.17) is 14.2 Å². The van der Waals surface area contributed by atoms with Gasteiger partial charge in [0.1, 0.15) is 0 Å². The summed E-state index contributed by atoms with van der Waals surface area (Å²) in [5, 5.41) is 3.39. The van der Waals surface area contributed by atoms with Crippen molar-refractivity contribution in [3.63, 3.8) is 0 Å². The highest BCUT2D eigenvalue weighted by Gasteiger charge is 2.17. The number of benzene rings is 1. The number of para-hydroxylation sites is 1. The Kier molecular flexibility index (Phi) is 4.70. The summed E-state index contributed by atoms with van der Waals surface area (Å²) in [7, 11) is 3.29. The summed E-state index contributed by atoms with van der Waals surface area (Å²) < 4.78 is 16.5. The van der Waals surface area contributed by atoms with Gasteiger partial charge >= 0.3 is 0 Å². The lowest BCUT2D eigenvalue weighted by Crippen LogP contribution is -2.33. The van der Waals surface area contributed by atoms with Crippen molar-refractivity contribution in [1.29, 1.82) is 0 Å². The summed E-state index contributed by atoms with van der Waals surface area (Å²) in [6.45, 7) is 2.84. The average Bonchev–Trinajstić information content (AvgIpc) is 2.45. The summed E-state index contributed by atoms with van der Waals surface area (Å²) in [5.41, 5.74) is 0. The average molecular weight is 251 g/mol. The van der Waals surface area contributed by atoms with Gasteiger partial charge < -0.3 is 19.5 Å².